The second-order valence-corrected chi connectivity index (χ2v) is 3.01. The van der Waals surface area contributed by atoms with Crippen molar-refractivity contribution in [2.45, 2.75) is 18.9 Å². The van der Waals surface area contributed by atoms with E-state index in [2.05, 4.69) is 9.64 Å². The fourth-order valence-corrected chi connectivity index (χ4v) is 1.66. The van der Waals surface area contributed by atoms with Gasteiger partial charge in [0.1, 0.15) is 6.04 Å². The number of carbonyl (C=O) groups excluding carboxylic acids is 1. The Hall–Kier alpha value is -0.610. The van der Waals surface area contributed by atoms with Crippen LogP contribution in [0.2, 0.25) is 0 Å². The molecule has 0 unspecified atom stereocenters. The predicted molar refractivity (Wildman–Crippen MR) is 45.7 cm³/mol. The lowest BCUT2D eigenvalue weighted by molar-refractivity contribution is -0.145. The molecule has 0 spiro atoms. The Morgan fingerprint density at radius 3 is 3.08 bits per heavy atom. The van der Waals surface area contributed by atoms with E-state index in [1.54, 1.807) is 0 Å². The number of ether oxygens (including phenoxy) is 1. The fraction of sp³-hybridized carbons (Fsp3) is 0.875. The molecular formula is C8H16N2O2. The van der Waals surface area contributed by atoms with Crippen LogP contribution in [-0.2, 0) is 9.53 Å². The van der Waals surface area contributed by atoms with E-state index in [0.29, 0.717) is 6.54 Å². The molecule has 0 bridgehead atoms. The Morgan fingerprint density at radius 1 is 1.75 bits per heavy atom. The van der Waals surface area contributed by atoms with Crippen molar-refractivity contribution in [1.29, 1.82) is 0 Å². The largest absolute Gasteiger partial charge is 0.468 e. The number of rotatable bonds is 3. The molecule has 12 heavy (non-hydrogen) atoms. The standard InChI is InChI=1S/C8H16N2O2/c1-12-8(11)7-3-2-5-10(7)6-4-9/h7H,2-6,9H2,1H3/t7-/m0/s1. The number of likely N-dealkylation sites (tertiary alicyclic amines) is 1. The molecule has 0 aromatic heterocycles. The molecule has 1 saturated heterocycles. The lowest BCUT2D eigenvalue weighted by Gasteiger charge is -2.20. The Kier molecular flexibility index (Phi) is 3.49. The van der Waals surface area contributed by atoms with Crippen molar-refractivity contribution >= 4 is 5.97 Å². The van der Waals surface area contributed by atoms with Gasteiger partial charge in [0, 0.05) is 13.1 Å². The monoisotopic (exact) mass is 172 g/mol. The number of methoxy groups -OCH3 is 1. The van der Waals surface area contributed by atoms with Crippen molar-refractivity contribution in [3.05, 3.63) is 0 Å². The van der Waals surface area contributed by atoms with Crippen molar-refractivity contribution < 1.29 is 9.53 Å². The highest BCUT2D eigenvalue weighted by molar-refractivity contribution is 5.75. The molecule has 1 aliphatic heterocycles. The van der Waals surface area contributed by atoms with Crippen molar-refractivity contribution in [2.24, 2.45) is 5.73 Å². The predicted octanol–water partition coefficient (Wildman–Crippen LogP) is -0.417. The van der Waals surface area contributed by atoms with Gasteiger partial charge in [-0.1, -0.05) is 0 Å². The summed E-state index contributed by atoms with van der Waals surface area (Å²) in [5.41, 5.74) is 5.42. The Morgan fingerprint density at radius 2 is 2.50 bits per heavy atom. The van der Waals surface area contributed by atoms with Gasteiger partial charge in [-0.05, 0) is 19.4 Å². The molecular weight excluding hydrogens is 156 g/mol. The minimum atomic E-state index is -0.124. The van der Waals surface area contributed by atoms with Gasteiger partial charge in [-0.25, -0.2) is 0 Å². The van der Waals surface area contributed by atoms with Crippen LogP contribution in [0.25, 0.3) is 0 Å². The van der Waals surface area contributed by atoms with Crippen LogP contribution >= 0.6 is 0 Å². The average molecular weight is 172 g/mol. The van der Waals surface area contributed by atoms with Crippen LogP contribution in [0.5, 0.6) is 0 Å². The highest BCUT2D eigenvalue weighted by atomic mass is 16.5. The maximum absolute atomic E-state index is 11.2. The summed E-state index contributed by atoms with van der Waals surface area (Å²) in [5.74, 6) is -0.124. The molecule has 70 valence electrons. The molecule has 0 saturated carbocycles. The summed E-state index contributed by atoms with van der Waals surface area (Å²) in [6.45, 7) is 2.37. The highest BCUT2D eigenvalue weighted by Crippen LogP contribution is 2.17. The zero-order valence-corrected chi connectivity index (χ0v) is 7.45. The molecule has 1 heterocycles. The molecule has 0 aliphatic carbocycles. The smallest absolute Gasteiger partial charge is 0.323 e. The van der Waals surface area contributed by atoms with Gasteiger partial charge in [-0.2, -0.15) is 0 Å². The topological polar surface area (TPSA) is 55.6 Å². The summed E-state index contributed by atoms with van der Waals surface area (Å²) in [4.78, 5) is 13.3. The van der Waals surface area contributed by atoms with Crippen LogP contribution in [0.15, 0.2) is 0 Å². The van der Waals surface area contributed by atoms with E-state index in [-0.39, 0.29) is 12.0 Å². The average Bonchev–Trinajstić information content (AvgIpc) is 2.52. The third-order valence-electron chi connectivity index (χ3n) is 2.25. The Labute approximate surface area is 72.7 Å². The van der Waals surface area contributed by atoms with Gasteiger partial charge in [0.2, 0.25) is 0 Å². The Balaban J connectivity index is 2.45. The number of esters is 1. The number of nitrogens with two attached hydrogens (primary N) is 1. The Bertz CT molecular complexity index is 161. The van der Waals surface area contributed by atoms with E-state index in [4.69, 9.17) is 5.73 Å². The van der Waals surface area contributed by atoms with Crippen LogP contribution in [0.3, 0.4) is 0 Å². The van der Waals surface area contributed by atoms with Gasteiger partial charge < -0.3 is 10.5 Å². The van der Waals surface area contributed by atoms with Crippen molar-refractivity contribution in [2.75, 3.05) is 26.7 Å². The molecule has 1 rings (SSSR count). The summed E-state index contributed by atoms with van der Waals surface area (Å²) in [7, 11) is 1.43. The first-order valence-corrected chi connectivity index (χ1v) is 4.31. The quantitative estimate of drug-likeness (QED) is 0.588. The van der Waals surface area contributed by atoms with E-state index < -0.39 is 0 Å². The van der Waals surface area contributed by atoms with E-state index >= 15 is 0 Å². The van der Waals surface area contributed by atoms with Gasteiger partial charge in [-0.15, -0.1) is 0 Å². The van der Waals surface area contributed by atoms with Gasteiger partial charge in [0.25, 0.3) is 0 Å². The summed E-state index contributed by atoms with van der Waals surface area (Å²) in [6.07, 6.45) is 1.98. The molecule has 0 aromatic carbocycles. The summed E-state index contributed by atoms with van der Waals surface area (Å²) in [5, 5.41) is 0. The zero-order valence-electron chi connectivity index (χ0n) is 7.45. The lowest BCUT2D eigenvalue weighted by atomic mass is 10.2. The first-order valence-electron chi connectivity index (χ1n) is 4.31. The maximum atomic E-state index is 11.2. The summed E-state index contributed by atoms with van der Waals surface area (Å²) >= 11 is 0. The van der Waals surface area contributed by atoms with Crippen LogP contribution in [0.1, 0.15) is 12.8 Å². The molecule has 4 heteroatoms. The first kappa shape index (κ1) is 9.48. The SMILES string of the molecule is COC(=O)[C@@H]1CCCN1CCN. The van der Waals surface area contributed by atoms with Crippen LogP contribution in [0.4, 0.5) is 0 Å². The van der Waals surface area contributed by atoms with E-state index in [0.717, 1.165) is 25.9 Å². The fourth-order valence-electron chi connectivity index (χ4n) is 1.66. The van der Waals surface area contributed by atoms with Crippen molar-refractivity contribution in [1.82, 2.24) is 4.90 Å². The van der Waals surface area contributed by atoms with Crippen LogP contribution < -0.4 is 5.73 Å². The normalized spacial score (nSPS) is 24.3. The van der Waals surface area contributed by atoms with Crippen LogP contribution in [0, 0.1) is 0 Å². The van der Waals surface area contributed by atoms with E-state index in [1.165, 1.54) is 7.11 Å². The number of hydrogen-bond donors (Lipinski definition) is 1. The van der Waals surface area contributed by atoms with E-state index in [9.17, 15) is 4.79 Å². The minimum Gasteiger partial charge on any atom is -0.468 e. The second-order valence-electron chi connectivity index (χ2n) is 3.01. The van der Waals surface area contributed by atoms with Crippen molar-refractivity contribution in [3.8, 4) is 0 Å². The molecule has 0 aromatic rings. The van der Waals surface area contributed by atoms with Crippen molar-refractivity contribution in [3.63, 3.8) is 0 Å². The number of hydrogen-bond acceptors (Lipinski definition) is 4. The summed E-state index contributed by atoms with van der Waals surface area (Å²) < 4.78 is 4.69. The second kappa shape index (κ2) is 4.42. The molecule has 1 fully saturated rings. The van der Waals surface area contributed by atoms with Gasteiger partial charge in [-0.3, -0.25) is 9.69 Å². The van der Waals surface area contributed by atoms with Gasteiger partial charge in [0.15, 0.2) is 0 Å². The highest BCUT2D eigenvalue weighted by Gasteiger charge is 2.30. The minimum absolute atomic E-state index is 0.0430. The third kappa shape index (κ3) is 1.95. The third-order valence-corrected chi connectivity index (χ3v) is 2.25. The molecule has 1 aliphatic rings. The van der Waals surface area contributed by atoms with Gasteiger partial charge in [0.05, 0.1) is 7.11 Å². The molecule has 4 nitrogen and oxygen atoms in total. The van der Waals surface area contributed by atoms with E-state index in [1.807, 2.05) is 0 Å². The van der Waals surface area contributed by atoms with Gasteiger partial charge >= 0.3 is 5.97 Å². The molecule has 0 radical (unpaired) electrons. The van der Waals surface area contributed by atoms with Crippen LogP contribution in [-0.4, -0.2) is 43.7 Å². The molecule has 1 atom stereocenters. The molecule has 2 N–H and O–H groups in total. The lowest BCUT2D eigenvalue weighted by Crippen LogP contribution is -2.39. The number of nitrogens with zero attached hydrogens (tertiary/aromatic N) is 1. The maximum Gasteiger partial charge on any atom is 0.323 e. The molecule has 0 amide bonds. The first-order chi connectivity index (χ1) is 5.79. The zero-order chi connectivity index (χ0) is 8.97. The summed E-state index contributed by atoms with van der Waals surface area (Å²) in [6, 6.07) is -0.0430. The number of carbonyl (C=O) groups is 1.